The minimum Gasteiger partial charge on any atom is -0.744 e. The molecule has 1 heterocycles. The fourth-order valence-corrected chi connectivity index (χ4v) is 3.42. The van der Waals surface area contributed by atoms with Crippen LogP contribution in [0.4, 0.5) is 5.82 Å². The van der Waals surface area contributed by atoms with Gasteiger partial charge in [-0.3, -0.25) is 11.6 Å². The van der Waals surface area contributed by atoms with Crippen LogP contribution in [0.25, 0.3) is 0 Å². The van der Waals surface area contributed by atoms with Gasteiger partial charge in [0.15, 0.2) is 0 Å². The van der Waals surface area contributed by atoms with Crippen molar-refractivity contribution in [3.63, 3.8) is 0 Å². The highest BCUT2D eigenvalue weighted by Gasteiger charge is 2.25. The van der Waals surface area contributed by atoms with Crippen molar-refractivity contribution in [3.8, 4) is 0 Å². The number of nitrogens with zero attached hydrogens (tertiary/aromatic N) is 1. The number of aromatic nitrogens is 1. The summed E-state index contributed by atoms with van der Waals surface area (Å²) in [6.45, 7) is 7.18. The van der Waals surface area contributed by atoms with Crippen LogP contribution in [-0.4, -0.2) is 25.5 Å². The minimum absolute atomic E-state index is 0.139. The fraction of sp³-hybridized carbons (Fsp3) is 0.294. The van der Waals surface area contributed by atoms with Crippen molar-refractivity contribution >= 4 is 37.8 Å². The van der Waals surface area contributed by atoms with Gasteiger partial charge in [-0.25, -0.2) is 13.2 Å². The van der Waals surface area contributed by atoms with Crippen molar-refractivity contribution in [1.29, 1.82) is 0 Å². The number of rotatable bonds is 3. The van der Waals surface area contributed by atoms with E-state index in [1.807, 2.05) is 0 Å². The minimum atomic E-state index is -4.28. The lowest BCUT2D eigenvalue weighted by atomic mass is 10.1. The van der Waals surface area contributed by atoms with Crippen LogP contribution in [0.5, 0.6) is 0 Å². The lowest BCUT2D eigenvalue weighted by Gasteiger charge is -2.11. The average Bonchev–Trinajstić information content (AvgIpc) is 2.58. The first-order valence-corrected chi connectivity index (χ1v) is 10.1. The normalized spacial score (nSPS) is 10.7. The number of carbonyl (C=O) groups excluding carboxylic acids is 1. The molecule has 1 aromatic heterocycles. The first-order chi connectivity index (χ1) is 12.4. The van der Waals surface area contributed by atoms with Crippen molar-refractivity contribution in [2.75, 3.05) is 18.2 Å². The van der Waals surface area contributed by atoms with Crippen LogP contribution >= 0.6 is 15.9 Å². The van der Waals surface area contributed by atoms with Gasteiger partial charge in [-0.1, -0.05) is 18.2 Å². The smallest absolute Gasteiger partial charge is 0.342 e. The molecular weight excluding hydrogens is 438 g/mol. The highest BCUT2D eigenvalue weighted by Crippen LogP contribution is 2.25. The van der Waals surface area contributed by atoms with E-state index >= 15 is 0 Å². The molecule has 0 fully saturated rings. The number of aryl methyl sites for hydroxylation is 1. The molecule has 0 saturated heterocycles. The SMILES string of the molecule is CCOC(=O)c1c(C)c(Br)c(N)[n+](N)c1C.Cc1ccccc1S(=O)(=O)[O-]. The van der Waals surface area contributed by atoms with E-state index in [-0.39, 0.29) is 4.90 Å². The van der Waals surface area contributed by atoms with Crippen LogP contribution in [0.3, 0.4) is 0 Å². The number of ether oxygens (including phenoxy) is 1. The Morgan fingerprint density at radius 2 is 1.81 bits per heavy atom. The number of pyridine rings is 1. The van der Waals surface area contributed by atoms with E-state index in [2.05, 4.69) is 15.9 Å². The van der Waals surface area contributed by atoms with E-state index in [0.29, 0.717) is 33.7 Å². The second kappa shape index (κ2) is 9.16. The number of nitrogens with two attached hydrogens (primary N) is 2. The largest absolute Gasteiger partial charge is 0.744 e. The van der Waals surface area contributed by atoms with Crippen molar-refractivity contribution < 1.29 is 27.2 Å². The van der Waals surface area contributed by atoms with Gasteiger partial charge >= 0.3 is 11.8 Å². The van der Waals surface area contributed by atoms with E-state index < -0.39 is 16.1 Å². The van der Waals surface area contributed by atoms with E-state index in [0.717, 1.165) is 5.56 Å². The molecule has 0 saturated carbocycles. The van der Waals surface area contributed by atoms with Crippen LogP contribution < -0.4 is 16.3 Å². The van der Waals surface area contributed by atoms with Gasteiger partial charge in [0.1, 0.15) is 25.8 Å². The zero-order valence-corrected chi connectivity index (χ0v) is 17.8. The van der Waals surface area contributed by atoms with E-state index in [9.17, 15) is 17.8 Å². The third-order valence-electron chi connectivity index (χ3n) is 3.75. The summed E-state index contributed by atoms with van der Waals surface area (Å²) < 4.78 is 38.3. The van der Waals surface area contributed by atoms with E-state index in [4.69, 9.17) is 16.3 Å². The summed E-state index contributed by atoms with van der Waals surface area (Å²) in [7, 11) is -4.28. The molecule has 0 radical (unpaired) electrons. The summed E-state index contributed by atoms with van der Waals surface area (Å²) in [6.07, 6.45) is 0. The van der Waals surface area contributed by atoms with Crippen molar-refractivity contribution in [3.05, 3.63) is 51.1 Å². The molecule has 1 aromatic carbocycles. The van der Waals surface area contributed by atoms with Gasteiger partial charge in [0.25, 0.3) is 0 Å². The Balaban J connectivity index is 0.000000289. The third kappa shape index (κ3) is 5.41. The summed E-state index contributed by atoms with van der Waals surface area (Å²) in [5, 5.41) is 0. The molecule has 0 amide bonds. The lowest BCUT2D eigenvalue weighted by Crippen LogP contribution is -2.51. The molecule has 0 aliphatic carbocycles. The van der Waals surface area contributed by atoms with Crippen LogP contribution in [0.1, 0.15) is 34.1 Å². The van der Waals surface area contributed by atoms with Gasteiger partial charge in [0.2, 0.25) is 0 Å². The molecule has 8 nitrogen and oxygen atoms in total. The van der Waals surface area contributed by atoms with Gasteiger partial charge in [0, 0.05) is 6.92 Å². The maximum atomic E-state index is 11.7. The Morgan fingerprint density at radius 1 is 1.26 bits per heavy atom. The molecule has 0 aliphatic rings. The van der Waals surface area contributed by atoms with Crippen LogP contribution in [0, 0.1) is 20.8 Å². The Hall–Kier alpha value is -2.17. The Morgan fingerprint density at radius 3 is 2.26 bits per heavy atom. The number of anilines is 1. The maximum Gasteiger partial charge on any atom is 0.342 e. The topological polar surface area (TPSA) is 139 Å². The summed E-state index contributed by atoms with van der Waals surface area (Å²) in [5.41, 5.74) is 8.02. The monoisotopic (exact) mass is 459 g/mol. The van der Waals surface area contributed by atoms with Gasteiger partial charge in [0.05, 0.1) is 11.5 Å². The summed E-state index contributed by atoms with van der Waals surface area (Å²) in [5.74, 6) is 5.73. The number of benzene rings is 1. The number of carbonyl (C=O) groups is 1. The van der Waals surface area contributed by atoms with Crippen LogP contribution in [0.15, 0.2) is 33.6 Å². The van der Waals surface area contributed by atoms with E-state index in [1.165, 1.54) is 16.8 Å². The molecule has 148 valence electrons. The highest BCUT2D eigenvalue weighted by atomic mass is 79.9. The Labute approximate surface area is 167 Å². The van der Waals surface area contributed by atoms with Gasteiger partial charge in [-0.2, -0.15) is 0 Å². The maximum absolute atomic E-state index is 11.7. The molecule has 2 rings (SSSR count). The molecule has 0 spiro atoms. The first kappa shape index (κ1) is 22.9. The van der Waals surface area contributed by atoms with Gasteiger partial charge in [-0.05, 0) is 53.9 Å². The average molecular weight is 460 g/mol. The van der Waals surface area contributed by atoms with Crippen molar-refractivity contribution in [2.24, 2.45) is 0 Å². The molecule has 0 unspecified atom stereocenters. The molecule has 0 bridgehead atoms. The standard InChI is InChI=1S/C10H14BrN3O2.C7H8O3S/c1-4-16-10(15)7-5(2)8(11)9(12)14(13)6(7)3;1-6-4-2-3-5-7(6)11(8,9)10/h12H,4,13H2,1-3H3;2-5H,1H3,(H,8,9,10). The van der Waals surface area contributed by atoms with Crippen molar-refractivity contribution in [1.82, 2.24) is 0 Å². The Bertz CT molecular complexity index is 932. The summed E-state index contributed by atoms with van der Waals surface area (Å²) >= 11 is 3.30. The number of halogens is 1. The molecule has 2 aromatic rings. The number of hydrogen-bond donors (Lipinski definition) is 2. The molecule has 27 heavy (non-hydrogen) atoms. The van der Waals surface area contributed by atoms with Gasteiger partial charge in [-0.15, -0.1) is 4.68 Å². The molecular formula is C17H22BrN3O5S. The Kier molecular flexibility index (Phi) is 7.76. The quantitative estimate of drug-likeness (QED) is 0.308. The number of esters is 1. The lowest BCUT2D eigenvalue weighted by molar-refractivity contribution is -0.631. The zero-order valence-electron chi connectivity index (χ0n) is 15.4. The molecule has 0 atom stereocenters. The number of hydrogen-bond acceptors (Lipinski definition) is 7. The fourth-order valence-electron chi connectivity index (χ4n) is 2.32. The van der Waals surface area contributed by atoms with Crippen molar-refractivity contribution in [2.45, 2.75) is 32.6 Å². The first-order valence-electron chi connectivity index (χ1n) is 7.87. The summed E-state index contributed by atoms with van der Waals surface area (Å²) in [6, 6.07) is 6.10. The van der Waals surface area contributed by atoms with Crippen LogP contribution in [-0.2, 0) is 14.9 Å². The predicted molar refractivity (Wildman–Crippen MR) is 103 cm³/mol. The zero-order chi connectivity index (χ0) is 20.9. The second-order valence-corrected chi connectivity index (χ2v) is 7.74. The van der Waals surface area contributed by atoms with Crippen LogP contribution in [0.2, 0.25) is 0 Å². The van der Waals surface area contributed by atoms with Gasteiger partial charge < -0.3 is 9.29 Å². The second-order valence-electron chi connectivity index (χ2n) is 5.59. The molecule has 10 heteroatoms. The summed E-state index contributed by atoms with van der Waals surface area (Å²) in [4.78, 5) is 11.6. The molecule has 0 aliphatic heterocycles. The predicted octanol–water partition coefficient (Wildman–Crippen LogP) is 1.73. The third-order valence-corrected chi connectivity index (χ3v) is 5.75. The number of nitrogen functional groups attached to an aromatic ring is 2. The van der Waals surface area contributed by atoms with E-state index in [1.54, 1.807) is 39.8 Å². The highest BCUT2D eigenvalue weighted by molar-refractivity contribution is 9.10. The molecule has 4 N–H and O–H groups in total.